The molecular weight excluding hydrogens is 164 g/mol. The minimum Gasteiger partial charge on any atom is -0.344 e. The molecule has 0 radical (unpaired) electrons. The summed E-state index contributed by atoms with van der Waals surface area (Å²) in [6.07, 6.45) is 6.62. The number of hydrogen-bond acceptors (Lipinski definition) is 2. The lowest BCUT2D eigenvalue weighted by Crippen LogP contribution is -2.23. The molecule has 1 saturated carbocycles. The minimum atomic E-state index is -0.137. The second-order valence-electron chi connectivity index (χ2n) is 5.06. The normalized spacial score (nSPS) is 52.2. The van der Waals surface area contributed by atoms with Crippen molar-refractivity contribution in [1.29, 1.82) is 0 Å². The van der Waals surface area contributed by atoms with E-state index in [1.54, 1.807) is 0 Å². The molecular formula is C11H18O2. The van der Waals surface area contributed by atoms with Crippen LogP contribution in [0.5, 0.6) is 0 Å². The predicted octanol–water partition coefficient (Wildman–Crippen LogP) is 2.47. The molecule has 2 heterocycles. The molecule has 3 rings (SSSR count). The first-order chi connectivity index (χ1) is 6.18. The second kappa shape index (κ2) is 2.29. The van der Waals surface area contributed by atoms with Crippen LogP contribution >= 0.6 is 0 Å². The monoisotopic (exact) mass is 182 g/mol. The molecule has 13 heavy (non-hydrogen) atoms. The van der Waals surface area contributed by atoms with Crippen LogP contribution in [0.15, 0.2) is 0 Å². The zero-order chi connectivity index (χ0) is 9.10. The standard InChI is InChI=1S/C11H18O2/c1-8-7-11(12-9(8)2)10(13-11)5-3-4-6-10/h8-9H,3-7H2,1-2H3/t8-,9-,11+/m0/s1. The van der Waals surface area contributed by atoms with Crippen molar-refractivity contribution in [3.63, 3.8) is 0 Å². The summed E-state index contributed by atoms with van der Waals surface area (Å²) in [5, 5.41) is 0. The molecule has 0 amide bonds. The summed E-state index contributed by atoms with van der Waals surface area (Å²) in [7, 11) is 0. The van der Waals surface area contributed by atoms with Crippen LogP contribution in [0, 0.1) is 5.92 Å². The third-order valence-corrected chi connectivity index (χ3v) is 4.19. The van der Waals surface area contributed by atoms with Gasteiger partial charge < -0.3 is 9.47 Å². The molecule has 0 aromatic carbocycles. The SMILES string of the molecule is C[C@@H]1O[C@]2(C[C@@H]1C)OC21CCCC1. The fraction of sp³-hybridized carbons (Fsp3) is 1.00. The Hall–Kier alpha value is -0.0800. The molecule has 74 valence electrons. The highest BCUT2D eigenvalue weighted by atomic mass is 16.8. The highest BCUT2D eigenvalue weighted by molar-refractivity contribution is 5.15. The Kier molecular flexibility index (Phi) is 1.45. The van der Waals surface area contributed by atoms with Gasteiger partial charge in [0.1, 0.15) is 5.60 Å². The van der Waals surface area contributed by atoms with Gasteiger partial charge in [0, 0.05) is 6.42 Å². The third-order valence-electron chi connectivity index (χ3n) is 4.19. The molecule has 0 aromatic heterocycles. The van der Waals surface area contributed by atoms with Crippen LogP contribution in [-0.4, -0.2) is 17.5 Å². The van der Waals surface area contributed by atoms with E-state index in [1.165, 1.54) is 25.7 Å². The molecule has 0 unspecified atom stereocenters. The molecule has 3 fully saturated rings. The highest BCUT2D eigenvalue weighted by Gasteiger charge is 2.74. The highest BCUT2D eigenvalue weighted by Crippen LogP contribution is 2.64. The summed E-state index contributed by atoms with van der Waals surface area (Å²) in [6.45, 7) is 4.44. The van der Waals surface area contributed by atoms with E-state index in [0.29, 0.717) is 12.0 Å². The van der Waals surface area contributed by atoms with E-state index in [0.717, 1.165) is 6.42 Å². The van der Waals surface area contributed by atoms with Crippen molar-refractivity contribution < 1.29 is 9.47 Å². The van der Waals surface area contributed by atoms with Gasteiger partial charge >= 0.3 is 0 Å². The van der Waals surface area contributed by atoms with Gasteiger partial charge in [-0.25, -0.2) is 0 Å². The first kappa shape index (κ1) is 8.25. The van der Waals surface area contributed by atoms with Gasteiger partial charge in [0.15, 0.2) is 5.79 Å². The van der Waals surface area contributed by atoms with E-state index in [4.69, 9.17) is 9.47 Å². The number of fused-ring (bicyclic) bond motifs is 1. The Morgan fingerprint density at radius 1 is 1.15 bits per heavy atom. The number of ether oxygens (including phenoxy) is 2. The maximum absolute atomic E-state index is 5.99. The van der Waals surface area contributed by atoms with E-state index < -0.39 is 0 Å². The van der Waals surface area contributed by atoms with Crippen molar-refractivity contribution in [1.82, 2.24) is 0 Å². The van der Waals surface area contributed by atoms with Crippen molar-refractivity contribution in [2.45, 2.75) is 63.4 Å². The van der Waals surface area contributed by atoms with E-state index >= 15 is 0 Å². The van der Waals surface area contributed by atoms with E-state index in [2.05, 4.69) is 13.8 Å². The first-order valence-corrected chi connectivity index (χ1v) is 5.56. The van der Waals surface area contributed by atoms with Crippen LogP contribution in [0.25, 0.3) is 0 Å². The Morgan fingerprint density at radius 2 is 1.85 bits per heavy atom. The lowest BCUT2D eigenvalue weighted by molar-refractivity contribution is -0.0356. The zero-order valence-corrected chi connectivity index (χ0v) is 8.51. The average molecular weight is 182 g/mol. The van der Waals surface area contributed by atoms with Gasteiger partial charge in [-0.2, -0.15) is 0 Å². The van der Waals surface area contributed by atoms with E-state index in [9.17, 15) is 0 Å². The quantitative estimate of drug-likeness (QED) is 0.537. The van der Waals surface area contributed by atoms with Crippen LogP contribution < -0.4 is 0 Å². The van der Waals surface area contributed by atoms with Crippen LogP contribution in [0.1, 0.15) is 46.0 Å². The Balaban J connectivity index is 1.80. The smallest absolute Gasteiger partial charge is 0.199 e. The lowest BCUT2D eigenvalue weighted by atomic mass is 9.94. The fourth-order valence-corrected chi connectivity index (χ4v) is 3.13. The van der Waals surface area contributed by atoms with Crippen molar-refractivity contribution >= 4 is 0 Å². The zero-order valence-electron chi connectivity index (χ0n) is 8.51. The largest absolute Gasteiger partial charge is 0.344 e. The fourth-order valence-electron chi connectivity index (χ4n) is 3.13. The Labute approximate surface area is 79.6 Å². The topological polar surface area (TPSA) is 21.8 Å². The number of hydrogen-bond donors (Lipinski definition) is 0. The van der Waals surface area contributed by atoms with Gasteiger partial charge in [-0.15, -0.1) is 0 Å². The number of epoxide rings is 1. The Morgan fingerprint density at radius 3 is 2.38 bits per heavy atom. The first-order valence-electron chi connectivity index (χ1n) is 5.56. The molecule has 0 N–H and O–H groups in total. The summed E-state index contributed by atoms with van der Waals surface area (Å²) in [4.78, 5) is 0. The summed E-state index contributed by atoms with van der Waals surface area (Å²) in [5.74, 6) is 0.530. The van der Waals surface area contributed by atoms with Crippen molar-refractivity contribution in [2.75, 3.05) is 0 Å². The maximum Gasteiger partial charge on any atom is 0.199 e. The van der Waals surface area contributed by atoms with Crippen LogP contribution in [0.3, 0.4) is 0 Å². The average Bonchev–Trinajstić information content (AvgIpc) is 2.48. The minimum absolute atomic E-state index is 0.137. The molecule has 0 aromatic rings. The van der Waals surface area contributed by atoms with Gasteiger partial charge in [-0.3, -0.25) is 0 Å². The maximum atomic E-state index is 5.99. The van der Waals surface area contributed by atoms with Gasteiger partial charge in [0.2, 0.25) is 0 Å². The molecule has 3 atom stereocenters. The molecule has 0 bridgehead atoms. The molecule has 2 aliphatic heterocycles. The van der Waals surface area contributed by atoms with E-state index in [-0.39, 0.29) is 11.4 Å². The Bertz CT molecular complexity index is 220. The van der Waals surface area contributed by atoms with E-state index in [1.807, 2.05) is 0 Å². The van der Waals surface area contributed by atoms with Crippen LogP contribution in [0.4, 0.5) is 0 Å². The molecule has 2 heteroatoms. The third kappa shape index (κ3) is 0.909. The lowest BCUT2D eigenvalue weighted by Gasteiger charge is -2.09. The summed E-state index contributed by atoms with van der Waals surface area (Å²) in [6, 6.07) is 0. The van der Waals surface area contributed by atoms with Crippen LogP contribution in [0.2, 0.25) is 0 Å². The molecule has 1 aliphatic carbocycles. The summed E-state index contributed by atoms with van der Waals surface area (Å²) >= 11 is 0. The number of rotatable bonds is 0. The van der Waals surface area contributed by atoms with Crippen molar-refractivity contribution in [2.24, 2.45) is 5.92 Å². The predicted molar refractivity (Wildman–Crippen MR) is 49.3 cm³/mol. The second-order valence-corrected chi connectivity index (χ2v) is 5.06. The van der Waals surface area contributed by atoms with Crippen molar-refractivity contribution in [3.8, 4) is 0 Å². The molecule has 3 aliphatic rings. The van der Waals surface area contributed by atoms with Crippen LogP contribution in [-0.2, 0) is 9.47 Å². The van der Waals surface area contributed by atoms with Gasteiger partial charge in [0.25, 0.3) is 0 Å². The van der Waals surface area contributed by atoms with Crippen molar-refractivity contribution in [3.05, 3.63) is 0 Å². The molecule has 2 nitrogen and oxygen atoms in total. The molecule has 2 spiro atoms. The van der Waals surface area contributed by atoms with Gasteiger partial charge in [0.05, 0.1) is 6.10 Å². The van der Waals surface area contributed by atoms with Gasteiger partial charge in [-0.05, 0) is 25.7 Å². The molecule has 2 saturated heterocycles. The summed E-state index contributed by atoms with van der Waals surface area (Å²) < 4.78 is 11.9. The van der Waals surface area contributed by atoms with Gasteiger partial charge in [-0.1, -0.05) is 19.8 Å². The summed E-state index contributed by atoms with van der Waals surface area (Å²) in [5.41, 5.74) is 0.159.